The Kier molecular flexibility index (Phi) is 2.55. The molecular formula is C12H12FN3S. The third-order valence-electron chi connectivity index (χ3n) is 2.79. The smallest absolute Gasteiger partial charge is 0.205 e. The van der Waals surface area contributed by atoms with Crippen LogP contribution in [0.25, 0.3) is 11.0 Å². The van der Waals surface area contributed by atoms with Crippen molar-refractivity contribution in [2.75, 3.05) is 11.1 Å². The molecule has 3 nitrogen and oxygen atoms in total. The van der Waals surface area contributed by atoms with Gasteiger partial charge in [-0.1, -0.05) is 6.92 Å². The van der Waals surface area contributed by atoms with E-state index in [4.69, 9.17) is 0 Å². The minimum absolute atomic E-state index is 0.253. The maximum absolute atomic E-state index is 13.0. The molecule has 1 aromatic carbocycles. The van der Waals surface area contributed by atoms with Crippen molar-refractivity contribution in [2.45, 2.75) is 6.92 Å². The number of imidazole rings is 1. The van der Waals surface area contributed by atoms with Gasteiger partial charge in [-0.2, -0.15) is 0 Å². The van der Waals surface area contributed by atoms with Crippen molar-refractivity contribution < 1.29 is 4.39 Å². The van der Waals surface area contributed by atoms with Gasteiger partial charge in [0.05, 0.1) is 11.0 Å². The predicted molar refractivity (Wildman–Crippen MR) is 69.4 cm³/mol. The van der Waals surface area contributed by atoms with Gasteiger partial charge in [0.1, 0.15) is 5.82 Å². The van der Waals surface area contributed by atoms with Crippen LogP contribution >= 0.6 is 11.8 Å². The topological polar surface area (TPSA) is 40.7 Å². The van der Waals surface area contributed by atoms with E-state index < -0.39 is 0 Å². The summed E-state index contributed by atoms with van der Waals surface area (Å²) < 4.78 is 13.0. The second kappa shape index (κ2) is 4.07. The molecule has 0 spiro atoms. The number of benzene rings is 1. The van der Waals surface area contributed by atoms with Crippen LogP contribution < -0.4 is 5.32 Å². The van der Waals surface area contributed by atoms with Crippen LogP contribution in [0.5, 0.6) is 0 Å². The molecule has 0 saturated carbocycles. The second-order valence-electron chi connectivity index (χ2n) is 4.18. The second-order valence-corrected chi connectivity index (χ2v) is 5.08. The van der Waals surface area contributed by atoms with Crippen LogP contribution in [0.2, 0.25) is 0 Å². The van der Waals surface area contributed by atoms with Gasteiger partial charge in [0.2, 0.25) is 5.95 Å². The maximum atomic E-state index is 13.0. The summed E-state index contributed by atoms with van der Waals surface area (Å²) in [7, 11) is 0. The fourth-order valence-corrected chi connectivity index (χ4v) is 2.85. The van der Waals surface area contributed by atoms with Gasteiger partial charge in [0.25, 0.3) is 0 Å². The molecule has 0 aliphatic carbocycles. The Balaban J connectivity index is 1.91. The number of rotatable bonds is 2. The van der Waals surface area contributed by atoms with Crippen molar-refractivity contribution in [3.8, 4) is 0 Å². The summed E-state index contributed by atoms with van der Waals surface area (Å²) in [5.74, 6) is 2.02. The molecule has 17 heavy (non-hydrogen) atoms. The van der Waals surface area contributed by atoms with Gasteiger partial charge >= 0.3 is 0 Å². The quantitative estimate of drug-likeness (QED) is 0.857. The molecule has 5 heteroatoms. The Labute approximate surface area is 103 Å². The number of anilines is 1. The molecule has 0 amide bonds. The van der Waals surface area contributed by atoms with Gasteiger partial charge in [-0.3, -0.25) is 0 Å². The number of aromatic amines is 1. The molecule has 88 valence electrons. The summed E-state index contributed by atoms with van der Waals surface area (Å²) in [5.41, 5.74) is 2.65. The molecule has 2 N–H and O–H groups in total. The molecule has 1 aliphatic heterocycles. The van der Waals surface area contributed by atoms with Crippen molar-refractivity contribution >= 4 is 28.7 Å². The van der Waals surface area contributed by atoms with E-state index in [-0.39, 0.29) is 5.82 Å². The van der Waals surface area contributed by atoms with Crippen LogP contribution in [-0.2, 0) is 0 Å². The predicted octanol–water partition coefficient (Wildman–Crippen LogP) is 3.34. The molecule has 0 saturated heterocycles. The van der Waals surface area contributed by atoms with Crippen LogP contribution in [0.3, 0.4) is 0 Å². The number of allylic oxidation sites excluding steroid dienone is 1. The van der Waals surface area contributed by atoms with Crippen molar-refractivity contribution in [3.63, 3.8) is 0 Å². The highest BCUT2D eigenvalue weighted by Gasteiger charge is 2.16. The average Bonchev–Trinajstić information content (AvgIpc) is 2.85. The van der Waals surface area contributed by atoms with E-state index in [1.165, 1.54) is 12.1 Å². The van der Waals surface area contributed by atoms with Crippen molar-refractivity contribution in [2.24, 2.45) is 5.92 Å². The minimum Gasteiger partial charge on any atom is -0.329 e. The first kappa shape index (κ1) is 10.7. The van der Waals surface area contributed by atoms with E-state index >= 15 is 0 Å². The molecule has 0 bridgehead atoms. The maximum Gasteiger partial charge on any atom is 0.205 e. The number of H-pyrrole nitrogens is 1. The Hall–Kier alpha value is -1.49. The average molecular weight is 249 g/mol. The third kappa shape index (κ3) is 2.02. The molecular weight excluding hydrogens is 237 g/mol. The van der Waals surface area contributed by atoms with Gasteiger partial charge in [0.15, 0.2) is 0 Å². The highest BCUT2D eigenvalue weighted by molar-refractivity contribution is 8.02. The summed E-state index contributed by atoms with van der Waals surface area (Å²) >= 11 is 1.79. The summed E-state index contributed by atoms with van der Waals surface area (Å²) in [5, 5.41) is 5.36. The fourth-order valence-electron chi connectivity index (χ4n) is 1.82. The summed E-state index contributed by atoms with van der Waals surface area (Å²) in [6.07, 6.45) is 0. The Morgan fingerprint density at radius 2 is 2.41 bits per heavy atom. The molecule has 1 aromatic heterocycles. The van der Waals surface area contributed by atoms with Gasteiger partial charge in [-0.25, -0.2) is 9.37 Å². The number of hydrogen-bond acceptors (Lipinski definition) is 3. The Bertz CT molecular complexity index is 590. The summed E-state index contributed by atoms with van der Waals surface area (Å²) in [6.45, 7) is 2.17. The lowest BCUT2D eigenvalue weighted by Crippen LogP contribution is -2.07. The van der Waals surface area contributed by atoms with E-state index in [2.05, 4.69) is 27.6 Å². The Morgan fingerprint density at radius 1 is 1.53 bits per heavy atom. The van der Waals surface area contributed by atoms with Gasteiger partial charge in [-0.15, -0.1) is 11.8 Å². The monoisotopic (exact) mass is 249 g/mol. The Morgan fingerprint density at radius 3 is 3.18 bits per heavy atom. The van der Waals surface area contributed by atoms with E-state index in [1.54, 1.807) is 17.8 Å². The van der Waals surface area contributed by atoms with Crippen molar-refractivity contribution in [1.82, 2.24) is 9.97 Å². The van der Waals surface area contributed by atoms with Gasteiger partial charge in [-0.05, 0) is 23.6 Å². The normalized spacial score (nSPS) is 19.6. The standard InChI is InChI=1S/C12H12FN3S/c1-7-5-17-6-11(7)16-12-14-9-3-2-8(13)4-10(9)15-12/h2-4,6-7H,5H2,1H3,(H2,14,15,16). The number of nitrogens with zero attached hydrogens (tertiary/aromatic N) is 1. The van der Waals surface area contributed by atoms with E-state index in [9.17, 15) is 4.39 Å². The van der Waals surface area contributed by atoms with Crippen LogP contribution in [-0.4, -0.2) is 15.7 Å². The lowest BCUT2D eigenvalue weighted by Gasteiger charge is -2.08. The molecule has 1 aliphatic rings. The lowest BCUT2D eigenvalue weighted by molar-refractivity contribution is 0.629. The molecule has 3 rings (SSSR count). The van der Waals surface area contributed by atoms with Crippen molar-refractivity contribution in [1.29, 1.82) is 0 Å². The minimum atomic E-state index is -0.253. The van der Waals surface area contributed by atoms with Gasteiger partial charge in [0, 0.05) is 17.4 Å². The fraction of sp³-hybridized carbons (Fsp3) is 0.250. The SMILES string of the molecule is CC1CSC=C1Nc1nc2ccc(F)cc2[nH]1. The highest BCUT2D eigenvalue weighted by atomic mass is 32.2. The van der Waals surface area contributed by atoms with E-state index in [1.807, 2.05) is 0 Å². The number of nitrogens with one attached hydrogen (secondary N) is 2. The third-order valence-corrected chi connectivity index (χ3v) is 3.91. The van der Waals surface area contributed by atoms with Gasteiger partial charge < -0.3 is 10.3 Å². The van der Waals surface area contributed by atoms with E-state index in [0.717, 1.165) is 17.0 Å². The number of fused-ring (bicyclic) bond motifs is 1. The molecule has 0 fully saturated rings. The summed E-state index contributed by atoms with van der Waals surface area (Å²) in [6, 6.07) is 4.54. The zero-order valence-electron chi connectivity index (χ0n) is 9.33. The first-order valence-electron chi connectivity index (χ1n) is 5.46. The number of hydrogen-bond donors (Lipinski definition) is 2. The molecule has 2 aromatic rings. The number of aromatic nitrogens is 2. The van der Waals surface area contributed by atoms with Crippen LogP contribution in [0.4, 0.5) is 10.3 Å². The van der Waals surface area contributed by atoms with E-state index in [0.29, 0.717) is 17.4 Å². The largest absolute Gasteiger partial charge is 0.329 e. The van der Waals surface area contributed by atoms with Crippen LogP contribution in [0.15, 0.2) is 29.3 Å². The summed E-state index contributed by atoms with van der Waals surface area (Å²) in [4.78, 5) is 7.44. The van der Waals surface area contributed by atoms with Crippen molar-refractivity contribution in [3.05, 3.63) is 35.1 Å². The zero-order chi connectivity index (χ0) is 11.8. The first-order valence-corrected chi connectivity index (χ1v) is 6.51. The lowest BCUT2D eigenvalue weighted by atomic mass is 10.2. The molecule has 0 radical (unpaired) electrons. The van der Waals surface area contributed by atoms with Crippen LogP contribution in [0.1, 0.15) is 6.92 Å². The molecule has 1 atom stereocenters. The number of thioether (sulfide) groups is 1. The number of halogens is 1. The zero-order valence-corrected chi connectivity index (χ0v) is 10.1. The first-order chi connectivity index (χ1) is 8.22. The molecule has 1 unspecified atom stereocenters. The molecule has 2 heterocycles. The highest BCUT2D eigenvalue weighted by Crippen LogP contribution is 2.28. The van der Waals surface area contributed by atoms with Crippen LogP contribution in [0, 0.1) is 11.7 Å².